The summed E-state index contributed by atoms with van der Waals surface area (Å²) >= 11 is 0. The first kappa shape index (κ1) is 12.3. The molecule has 0 saturated carbocycles. The van der Waals surface area contributed by atoms with Crippen molar-refractivity contribution in [2.45, 2.75) is 0 Å². The summed E-state index contributed by atoms with van der Waals surface area (Å²) in [6.45, 7) is 0. The maximum atomic E-state index is 12.4. The number of fused-ring (bicyclic) bond motifs is 1. The van der Waals surface area contributed by atoms with Gasteiger partial charge in [-0.25, -0.2) is 4.79 Å². The van der Waals surface area contributed by atoms with Crippen LogP contribution in [0, 0.1) is 0 Å². The summed E-state index contributed by atoms with van der Waals surface area (Å²) in [5.74, 6) is 0.756. The summed E-state index contributed by atoms with van der Waals surface area (Å²) in [4.78, 5) is 12.4. The molecule has 2 N–H and O–H groups in total. The topological polar surface area (TPSA) is 62.2 Å². The van der Waals surface area contributed by atoms with Crippen LogP contribution in [-0.4, -0.2) is 16.2 Å². The molecule has 0 spiro atoms. The Hall–Kier alpha value is -2.69. The van der Waals surface area contributed by atoms with Crippen molar-refractivity contribution in [3.05, 3.63) is 52.9 Å². The number of imidazole rings is 1. The van der Waals surface area contributed by atoms with Crippen molar-refractivity contribution in [1.29, 1.82) is 0 Å². The maximum absolute atomic E-state index is 12.4. The van der Waals surface area contributed by atoms with Crippen molar-refractivity contribution in [3.8, 4) is 11.4 Å². The van der Waals surface area contributed by atoms with E-state index in [4.69, 9.17) is 10.5 Å². The van der Waals surface area contributed by atoms with Gasteiger partial charge in [0.15, 0.2) is 0 Å². The molecule has 0 fully saturated rings. The predicted octanol–water partition coefficient (Wildman–Crippen LogP) is 1.92. The molecule has 1 heterocycles. The monoisotopic (exact) mass is 269 g/mol. The number of methoxy groups -OCH3 is 1. The lowest BCUT2D eigenvalue weighted by molar-refractivity contribution is 0.414. The smallest absolute Gasteiger partial charge is 0.333 e. The van der Waals surface area contributed by atoms with E-state index < -0.39 is 0 Å². The van der Waals surface area contributed by atoms with Crippen molar-refractivity contribution < 1.29 is 4.74 Å². The quantitative estimate of drug-likeness (QED) is 0.723. The second-order valence-electron chi connectivity index (χ2n) is 4.62. The van der Waals surface area contributed by atoms with Crippen LogP contribution in [0.25, 0.3) is 16.7 Å². The molecule has 0 aliphatic rings. The highest BCUT2D eigenvalue weighted by Gasteiger charge is 2.12. The number of nitrogen functional groups attached to an aromatic ring is 1. The highest BCUT2D eigenvalue weighted by molar-refractivity contribution is 5.81. The average Bonchev–Trinajstić information content (AvgIpc) is 2.71. The first-order valence-corrected chi connectivity index (χ1v) is 6.23. The minimum atomic E-state index is -0.101. The highest BCUT2D eigenvalue weighted by Crippen LogP contribution is 2.21. The van der Waals surface area contributed by atoms with Gasteiger partial charge in [-0.3, -0.25) is 9.13 Å². The van der Waals surface area contributed by atoms with Crippen LogP contribution >= 0.6 is 0 Å². The molecule has 3 aromatic rings. The molecule has 0 amide bonds. The number of nitrogens with two attached hydrogens (primary N) is 1. The largest absolute Gasteiger partial charge is 0.497 e. The Kier molecular flexibility index (Phi) is 2.75. The van der Waals surface area contributed by atoms with Gasteiger partial charge in [0, 0.05) is 12.7 Å². The zero-order valence-electron chi connectivity index (χ0n) is 11.3. The van der Waals surface area contributed by atoms with Gasteiger partial charge < -0.3 is 10.5 Å². The molecular formula is C15H15N3O2. The van der Waals surface area contributed by atoms with Gasteiger partial charge in [0.05, 0.1) is 23.8 Å². The van der Waals surface area contributed by atoms with Gasteiger partial charge in [0.25, 0.3) is 0 Å². The molecule has 0 aliphatic carbocycles. The number of hydrogen-bond donors (Lipinski definition) is 1. The van der Waals surface area contributed by atoms with Crippen molar-refractivity contribution >= 4 is 16.7 Å². The molecule has 3 rings (SSSR count). The highest BCUT2D eigenvalue weighted by atomic mass is 16.5. The Labute approximate surface area is 115 Å². The number of anilines is 1. The van der Waals surface area contributed by atoms with E-state index in [2.05, 4.69) is 0 Å². The van der Waals surface area contributed by atoms with E-state index in [9.17, 15) is 4.79 Å². The predicted molar refractivity (Wildman–Crippen MR) is 79.5 cm³/mol. The molecule has 0 bridgehead atoms. The van der Waals surface area contributed by atoms with Crippen LogP contribution in [0.5, 0.6) is 5.75 Å². The van der Waals surface area contributed by atoms with Crippen LogP contribution in [0.1, 0.15) is 0 Å². The van der Waals surface area contributed by atoms with E-state index in [1.165, 1.54) is 0 Å². The summed E-state index contributed by atoms with van der Waals surface area (Å²) in [5.41, 5.74) is 8.76. The lowest BCUT2D eigenvalue weighted by atomic mass is 10.2. The van der Waals surface area contributed by atoms with E-state index in [0.717, 1.165) is 22.5 Å². The zero-order valence-corrected chi connectivity index (χ0v) is 11.3. The van der Waals surface area contributed by atoms with E-state index >= 15 is 0 Å². The van der Waals surface area contributed by atoms with Gasteiger partial charge in [-0.05, 0) is 42.5 Å². The molecule has 0 unspecified atom stereocenters. The van der Waals surface area contributed by atoms with E-state index in [0.29, 0.717) is 5.69 Å². The van der Waals surface area contributed by atoms with Crippen molar-refractivity contribution in [1.82, 2.24) is 9.13 Å². The van der Waals surface area contributed by atoms with Crippen LogP contribution in [0.15, 0.2) is 47.3 Å². The Morgan fingerprint density at radius 2 is 1.75 bits per heavy atom. The summed E-state index contributed by atoms with van der Waals surface area (Å²) in [6, 6.07) is 12.8. The van der Waals surface area contributed by atoms with Crippen LogP contribution < -0.4 is 16.2 Å². The zero-order chi connectivity index (χ0) is 14.3. The molecule has 5 heteroatoms. The first-order valence-electron chi connectivity index (χ1n) is 6.23. The first-order chi connectivity index (χ1) is 9.61. The normalized spacial score (nSPS) is 10.9. The number of nitrogens with zero attached hydrogens (tertiary/aromatic N) is 2. The fourth-order valence-corrected chi connectivity index (χ4v) is 2.34. The fourth-order valence-electron chi connectivity index (χ4n) is 2.34. The third-order valence-corrected chi connectivity index (χ3v) is 3.41. The summed E-state index contributed by atoms with van der Waals surface area (Å²) in [6.07, 6.45) is 0. The van der Waals surface area contributed by atoms with Gasteiger partial charge in [0.2, 0.25) is 0 Å². The second-order valence-corrected chi connectivity index (χ2v) is 4.62. The van der Waals surface area contributed by atoms with Gasteiger partial charge in [0.1, 0.15) is 5.75 Å². The lowest BCUT2D eigenvalue weighted by Crippen LogP contribution is -2.20. The van der Waals surface area contributed by atoms with Crippen molar-refractivity contribution in [2.75, 3.05) is 12.8 Å². The van der Waals surface area contributed by atoms with Crippen molar-refractivity contribution in [3.63, 3.8) is 0 Å². The van der Waals surface area contributed by atoms with Gasteiger partial charge >= 0.3 is 5.69 Å². The fraction of sp³-hybridized carbons (Fsp3) is 0.133. The maximum Gasteiger partial charge on any atom is 0.333 e. The number of ether oxygens (including phenoxy) is 1. The average molecular weight is 269 g/mol. The minimum Gasteiger partial charge on any atom is -0.497 e. The molecule has 1 aromatic heterocycles. The van der Waals surface area contributed by atoms with Crippen LogP contribution in [0.2, 0.25) is 0 Å². The summed E-state index contributed by atoms with van der Waals surface area (Å²) in [7, 11) is 3.35. The van der Waals surface area contributed by atoms with Crippen LogP contribution in [0.3, 0.4) is 0 Å². The molecule has 0 saturated heterocycles. The van der Waals surface area contributed by atoms with Gasteiger partial charge in [-0.1, -0.05) is 0 Å². The third kappa shape index (κ3) is 1.75. The Morgan fingerprint density at radius 1 is 1.05 bits per heavy atom. The summed E-state index contributed by atoms with van der Waals surface area (Å²) < 4.78 is 8.39. The van der Waals surface area contributed by atoms with Gasteiger partial charge in [-0.15, -0.1) is 0 Å². The summed E-state index contributed by atoms with van der Waals surface area (Å²) in [5, 5.41) is 0. The standard InChI is InChI=1S/C15H15N3O2/c1-17-14-9-10(16)3-8-13(14)18(15(17)19)11-4-6-12(20-2)7-5-11/h3-9H,16H2,1-2H3. The molecule has 0 atom stereocenters. The van der Waals surface area contributed by atoms with E-state index in [-0.39, 0.29) is 5.69 Å². The third-order valence-electron chi connectivity index (χ3n) is 3.41. The van der Waals surface area contributed by atoms with Crippen LogP contribution in [0.4, 0.5) is 5.69 Å². The number of benzene rings is 2. The van der Waals surface area contributed by atoms with Crippen LogP contribution in [-0.2, 0) is 7.05 Å². The molecule has 20 heavy (non-hydrogen) atoms. The molecular weight excluding hydrogens is 254 g/mol. The SMILES string of the molecule is COc1ccc(-n2c(=O)n(C)c3cc(N)ccc32)cc1. The Balaban J connectivity index is 2.30. The number of aromatic nitrogens is 2. The number of aryl methyl sites for hydroxylation is 1. The second kappa shape index (κ2) is 4.45. The van der Waals surface area contributed by atoms with Crippen molar-refractivity contribution in [2.24, 2.45) is 7.05 Å². The van der Waals surface area contributed by atoms with E-state index in [1.54, 1.807) is 35.4 Å². The number of rotatable bonds is 2. The number of hydrogen-bond acceptors (Lipinski definition) is 3. The lowest BCUT2D eigenvalue weighted by Gasteiger charge is -2.05. The molecule has 5 nitrogen and oxygen atoms in total. The van der Waals surface area contributed by atoms with E-state index in [1.807, 2.05) is 30.3 Å². The van der Waals surface area contributed by atoms with Gasteiger partial charge in [-0.2, -0.15) is 0 Å². The molecule has 0 radical (unpaired) electrons. The molecule has 2 aromatic carbocycles. The minimum absolute atomic E-state index is 0.101. The molecule has 102 valence electrons. The Bertz CT molecular complexity index is 829. The molecule has 0 aliphatic heterocycles. The Morgan fingerprint density at radius 3 is 2.40 bits per heavy atom.